The molecule has 2 aromatic rings. The molecule has 0 amide bonds. The lowest BCUT2D eigenvalue weighted by molar-refractivity contribution is 0.143. The smallest absolute Gasteiger partial charge is 0.231 e. The maximum atomic E-state index is 9.97. The number of benzene rings is 1. The second-order valence-electron chi connectivity index (χ2n) is 6.59. The highest BCUT2D eigenvalue weighted by Crippen LogP contribution is 2.38. The summed E-state index contributed by atoms with van der Waals surface area (Å²) in [5, 5.41) is 14.6. The Morgan fingerprint density at radius 2 is 2.08 bits per heavy atom. The zero-order chi connectivity index (χ0) is 16.5. The Labute approximate surface area is 141 Å². The first kappa shape index (κ1) is 15.4. The number of nitrogens with zero attached hydrogens (tertiary/aromatic N) is 3. The van der Waals surface area contributed by atoms with E-state index in [4.69, 9.17) is 14.5 Å². The number of rotatable bonds is 7. The number of aliphatic hydroxyl groups is 1. The summed E-state index contributed by atoms with van der Waals surface area (Å²) in [6.07, 6.45) is 4.38. The predicted molar refractivity (Wildman–Crippen MR) is 88.3 cm³/mol. The average molecular weight is 329 g/mol. The fraction of sp³-hybridized carbons (Fsp3) is 0.556. The van der Waals surface area contributed by atoms with Crippen LogP contribution in [0.2, 0.25) is 0 Å². The lowest BCUT2D eigenvalue weighted by atomic mass is 10.1. The van der Waals surface area contributed by atoms with E-state index < -0.39 is 0 Å². The van der Waals surface area contributed by atoms with Crippen LogP contribution in [0.15, 0.2) is 18.2 Å². The van der Waals surface area contributed by atoms with Gasteiger partial charge in [-0.05, 0) is 43.4 Å². The van der Waals surface area contributed by atoms with Crippen LogP contribution < -0.4 is 9.47 Å². The second-order valence-corrected chi connectivity index (χ2v) is 6.59. The quantitative estimate of drug-likeness (QED) is 0.845. The largest absolute Gasteiger partial charge is 0.454 e. The lowest BCUT2D eigenvalue weighted by Crippen LogP contribution is -2.18. The third kappa shape index (κ3) is 3.24. The number of aromatic nitrogens is 3. The van der Waals surface area contributed by atoms with E-state index in [1.54, 1.807) is 0 Å². The van der Waals surface area contributed by atoms with E-state index in [0.717, 1.165) is 42.4 Å². The Balaban J connectivity index is 1.48. The Kier molecular flexibility index (Phi) is 4.14. The third-order valence-corrected chi connectivity index (χ3v) is 4.64. The Hall–Kier alpha value is -2.08. The minimum atomic E-state index is -0.372. The maximum absolute atomic E-state index is 9.97. The molecule has 6 nitrogen and oxygen atoms in total. The highest BCUT2D eigenvalue weighted by atomic mass is 16.7. The van der Waals surface area contributed by atoms with Gasteiger partial charge in [0.05, 0.1) is 12.6 Å². The van der Waals surface area contributed by atoms with Crippen LogP contribution in [-0.4, -0.2) is 32.8 Å². The van der Waals surface area contributed by atoms with Gasteiger partial charge in [0, 0.05) is 12.3 Å². The number of ether oxygens (including phenoxy) is 2. The standard InChI is InChI=1S/C18H23N3O3/c1-2-14(22)10-21-17(19-18(20-21)13-5-6-13)8-4-12-3-7-15-16(9-12)24-11-23-15/h3,7,9,13-14,22H,2,4-6,8,10-11H2,1H3/t14-/m1/s1. The van der Waals surface area contributed by atoms with Crippen LogP contribution in [0.5, 0.6) is 11.5 Å². The summed E-state index contributed by atoms with van der Waals surface area (Å²) in [4.78, 5) is 4.73. The molecule has 0 bridgehead atoms. The van der Waals surface area contributed by atoms with Crippen molar-refractivity contribution in [2.24, 2.45) is 0 Å². The molecule has 2 aliphatic rings. The minimum absolute atomic E-state index is 0.298. The zero-order valence-electron chi connectivity index (χ0n) is 13.9. The van der Waals surface area contributed by atoms with Crippen molar-refractivity contribution >= 4 is 0 Å². The van der Waals surface area contributed by atoms with Crippen LogP contribution in [0, 0.1) is 0 Å². The summed E-state index contributed by atoms with van der Waals surface area (Å²) in [7, 11) is 0. The molecule has 1 aromatic carbocycles. The fourth-order valence-electron chi connectivity index (χ4n) is 2.92. The predicted octanol–water partition coefficient (Wildman–Crippen LogP) is 2.44. The van der Waals surface area contributed by atoms with Gasteiger partial charge in [0.25, 0.3) is 0 Å². The molecule has 1 aliphatic heterocycles. The maximum Gasteiger partial charge on any atom is 0.231 e. The number of hydrogen-bond acceptors (Lipinski definition) is 5. The molecular formula is C18H23N3O3. The van der Waals surface area contributed by atoms with E-state index in [1.807, 2.05) is 23.7 Å². The number of aryl methyl sites for hydroxylation is 2. The molecule has 128 valence electrons. The molecule has 24 heavy (non-hydrogen) atoms. The number of aliphatic hydroxyl groups excluding tert-OH is 1. The van der Waals surface area contributed by atoms with E-state index in [0.29, 0.717) is 19.3 Å². The SMILES string of the molecule is CC[C@@H](O)Cn1nc(C2CC2)nc1CCc1ccc2c(c1)OCO2. The van der Waals surface area contributed by atoms with E-state index in [1.165, 1.54) is 18.4 Å². The molecule has 0 radical (unpaired) electrons. The van der Waals surface area contributed by atoms with Crippen molar-refractivity contribution in [1.29, 1.82) is 0 Å². The number of fused-ring (bicyclic) bond motifs is 1. The van der Waals surface area contributed by atoms with E-state index in [9.17, 15) is 5.11 Å². The van der Waals surface area contributed by atoms with Gasteiger partial charge in [0.1, 0.15) is 5.82 Å². The Morgan fingerprint density at radius 3 is 2.88 bits per heavy atom. The Morgan fingerprint density at radius 1 is 1.25 bits per heavy atom. The van der Waals surface area contributed by atoms with Crippen molar-refractivity contribution < 1.29 is 14.6 Å². The first-order valence-corrected chi connectivity index (χ1v) is 8.73. The van der Waals surface area contributed by atoms with Gasteiger partial charge >= 0.3 is 0 Å². The van der Waals surface area contributed by atoms with Crippen LogP contribution >= 0.6 is 0 Å². The summed E-state index contributed by atoms with van der Waals surface area (Å²) < 4.78 is 12.7. The molecular weight excluding hydrogens is 306 g/mol. The molecule has 0 spiro atoms. The lowest BCUT2D eigenvalue weighted by Gasteiger charge is -2.10. The van der Waals surface area contributed by atoms with Crippen LogP contribution in [-0.2, 0) is 19.4 Å². The van der Waals surface area contributed by atoms with E-state index >= 15 is 0 Å². The van der Waals surface area contributed by atoms with Crippen LogP contribution in [0.3, 0.4) is 0 Å². The molecule has 0 unspecified atom stereocenters. The summed E-state index contributed by atoms with van der Waals surface area (Å²) in [5.74, 6) is 4.05. The van der Waals surface area contributed by atoms with E-state index in [2.05, 4.69) is 11.2 Å². The zero-order valence-corrected chi connectivity index (χ0v) is 13.9. The molecule has 1 N–H and O–H groups in total. The molecule has 2 heterocycles. The molecule has 1 aliphatic carbocycles. The van der Waals surface area contributed by atoms with Crippen molar-refractivity contribution in [3.8, 4) is 11.5 Å². The van der Waals surface area contributed by atoms with Crippen molar-refractivity contribution in [1.82, 2.24) is 14.8 Å². The van der Waals surface area contributed by atoms with Crippen LogP contribution in [0.4, 0.5) is 0 Å². The highest BCUT2D eigenvalue weighted by molar-refractivity contribution is 5.44. The normalized spacial score (nSPS) is 17.2. The molecule has 1 aromatic heterocycles. The van der Waals surface area contributed by atoms with Gasteiger partial charge in [0.15, 0.2) is 17.3 Å². The van der Waals surface area contributed by atoms with E-state index in [-0.39, 0.29) is 6.10 Å². The van der Waals surface area contributed by atoms with Crippen molar-refractivity contribution in [2.75, 3.05) is 6.79 Å². The minimum Gasteiger partial charge on any atom is -0.454 e. The molecule has 0 saturated heterocycles. The van der Waals surface area contributed by atoms with Gasteiger partial charge in [-0.3, -0.25) is 0 Å². The van der Waals surface area contributed by atoms with Gasteiger partial charge in [-0.2, -0.15) is 5.10 Å². The van der Waals surface area contributed by atoms with Crippen molar-refractivity contribution in [2.45, 2.75) is 57.6 Å². The highest BCUT2D eigenvalue weighted by Gasteiger charge is 2.29. The van der Waals surface area contributed by atoms with Crippen molar-refractivity contribution in [3.05, 3.63) is 35.4 Å². The summed E-state index contributed by atoms with van der Waals surface area (Å²) in [6, 6.07) is 6.06. The number of hydrogen-bond donors (Lipinski definition) is 1. The summed E-state index contributed by atoms with van der Waals surface area (Å²) in [5.41, 5.74) is 1.19. The molecule has 1 fully saturated rings. The average Bonchev–Trinajstić information content (AvgIpc) is 3.21. The fourth-order valence-corrected chi connectivity index (χ4v) is 2.92. The molecule has 4 rings (SSSR count). The molecule has 1 atom stereocenters. The first-order chi connectivity index (χ1) is 11.7. The molecule has 6 heteroatoms. The van der Waals surface area contributed by atoms with Crippen LogP contribution in [0.1, 0.15) is 49.3 Å². The van der Waals surface area contributed by atoms with Crippen LogP contribution in [0.25, 0.3) is 0 Å². The van der Waals surface area contributed by atoms with Gasteiger partial charge < -0.3 is 14.6 Å². The third-order valence-electron chi connectivity index (χ3n) is 4.64. The second kappa shape index (κ2) is 6.43. The van der Waals surface area contributed by atoms with Gasteiger partial charge in [-0.15, -0.1) is 0 Å². The van der Waals surface area contributed by atoms with Crippen molar-refractivity contribution in [3.63, 3.8) is 0 Å². The first-order valence-electron chi connectivity index (χ1n) is 8.73. The molecule has 1 saturated carbocycles. The monoisotopic (exact) mass is 329 g/mol. The van der Waals surface area contributed by atoms with Gasteiger partial charge in [-0.25, -0.2) is 9.67 Å². The summed E-state index contributed by atoms with van der Waals surface area (Å²) in [6.45, 7) is 2.80. The topological polar surface area (TPSA) is 69.4 Å². The Bertz CT molecular complexity index is 724. The summed E-state index contributed by atoms with van der Waals surface area (Å²) >= 11 is 0. The van der Waals surface area contributed by atoms with Gasteiger partial charge in [0.2, 0.25) is 6.79 Å². The van der Waals surface area contributed by atoms with Gasteiger partial charge in [-0.1, -0.05) is 13.0 Å².